The first-order valence-electron chi connectivity index (χ1n) is 9.23. The summed E-state index contributed by atoms with van der Waals surface area (Å²) >= 11 is 0. The fourth-order valence-electron chi connectivity index (χ4n) is 4.82. The van der Waals surface area contributed by atoms with Gasteiger partial charge in [-0.15, -0.1) is 0 Å². The highest BCUT2D eigenvalue weighted by Gasteiger charge is 2.35. The highest BCUT2D eigenvalue weighted by atomic mass is 15.2. The SMILES string of the molecule is CC1CCC(CN2CCCNC3(CCCCC3)C2)CC1. The molecule has 20 heavy (non-hydrogen) atoms. The third-order valence-corrected chi connectivity index (χ3v) is 6.14. The van der Waals surface area contributed by atoms with Crippen LogP contribution in [0, 0.1) is 11.8 Å². The highest BCUT2D eigenvalue weighted by molar-refractivity contribution is 4.95. The van der Waals surface area contributed by atoms with Crippen LogP contribution in [0.4, 0.5) is 0 Å². The molecule has 116 valence electrons. The predicted octanol–water partition coefficient (Wildman–Crippen LogP) is 3.81. The topological polar surface area (TPSA) is 15.3 Å². The molecule has 0 unspecified atom stereocenters. The molecule has 2 aliphatic carbocycles. The second kappa shape index (κ2) is 6.79. The third kappa shape index (κ3) is 3.76. The molecule has 3 aliphatic rings. The van der Waals surface area contributed by atoms with Gasteiger partial charge >= 0.3 is 0 Å². The maximum atomic E-state index is 3.93. The number of nitrogens with zero attached hydrogens (tertiary/aromatic N) is 1. The molecule has 1 heterocycles. The van der Waals surface area contributed by atoms with Crippen molar-refractivity contribution in [1.82, 2.24) is 10.2 Å². The molecule has 3 rings (SSSR count). The molecule has 0 aromatic heterocycles. The molecule has 3 fully saturated rings. The van der Waals surface area contributed by atoms with Gasteiger partial charge in [0.2, 0.25) is 0 Å². The van der Waals surface area contributed by atoms with Crippen LogP contribution in [-0.2, 0) is 0 Å². The maximum absolute atomic E-state index is 3.93. The van der Waals surface area contributed by atoms with E-state index >= 15 is 0 Å². The minimum atomic E-state index is 0.483. The van der Waals surface area contributed by atoms with Crippen molar-refractivity contribution in [3.05, 3.63) is 0 Å². The maximum Gasteiger partial charge on any atom is 0.0308 e. The van der Waals surface area contributed by atoms with Gasteiger partial charge in [0.1, 0.15) is 0 Å². The van der Waals surface area contributed by atoms with Crippen LogP contribution in [0.5, 0.6) is 0 Å². The van der Waals surface area contributed by atoms with Gasteiger partial charge in [-0.3, -0.25) is 0 Å². The van der Waals surface area contributed by atoms with E-state index in [0.29, 0.717) is 5.54 Å². The van der Waals surface area contributed by atoms with Gasteiger partial charge in [-0.25, -0.2) is 0 Å². The highest BCUT2D eigenvalue weighted by Crippen LogP contribution is 2.32. The Morgan fingerprint density at radius 3 is 2.50 bits per heavy atom. The first kappa shape index (κ1) is 14.8. The quantitative estimate of drug-likeness (QED) is 0.826. The fourth-order valence-corrected chi connectivity index (χ4v) is 4.82. The van der Waals surface area contributed by atoms with Crippen LogP contribution >= 0.6 is 0 Å². The van der Waals surface area contributed by atoms with Crippen LogP contribution in [0.15, 0.2) is 0 Å². The zero-order valence-electron chi connectivity index (χ0n) is 13.5. The number of rotatable bonds is 2. The Balaban J connectivity index is 1.55. The lowest BCUT2D eigenvalue weighted by Crippen LogP contribution is -2.53. The predicted molar refractivity (Wildman–Crippen MR) is 86.0 cm³/mol. The van der Waals surface area contributed by atoms with Crippen LogP contribution in [0.2, 0.25) is 0 Å². The van der Waals surface area contributed by atoms with Crippen LogP contribution < -0.4 is 5.32 Å². The van der Waals surface area contributed by atoms with E-state index in [9.17, 15) is 0 Å². The molecule has 1 N–H and O–H groups in total. The summed E-state index contributed by atoms with van der Waals surface area (Å²) in [5.74, 6) is 1.98. The Bertz CT molecular complexity index is 288. The first-order chi connectivity index (χ1) is 9.76. The van der Waals surface area contributed by atoms with E-state index in [0.717, 1.165) is 11.8 Å². The van der Waals surface area contributed by atoms with E-state index in [2.05, 4.69) is 17.1 Å². The summed E-state index contributed by atoms with van der Waals surface area (Å²) in [4.78, 5) is 2.83. The molecule has 1 saturated heterocycles. The van der Waals surface area contributed by atoms with Gasteiger partial charge in [0.15, 0.2) is 0 Å². The average Bonchev–Trinajstić information content (AvgIpc) is 2.65. The van der Waals surface area contributed by atoms with Gasteiger partial charge in [-0.1, -0.05) is 39.0 Å². The monoisotopic (exact) mass is 278 g/mol. The number of hydrogen-bond donors (Lipinski definition) is 1. The third-order valence-electron chi connectivity index (χ3n) is 6.14. The minimum absolute atomic E-state index is 0.483. The van der Waals surface area contributed by atoms with E-state index in [1.54, 1.807) is 0 Å². The second-order valence-corrected chi connectivity index (χ2v) is 7.98. The fraction of sp³-hybridized carbons (Fsp3) is 1.00. The van der Waals surface area contributed by atoms with Crippen molar-refractivity contribution in [3.8, 4) is 0 Å². The van der Waals surface area contributed by atoms with E-state index < -0.39 is 0 Å². The molecule has 0 aromatic carbocycles. The molecule has 0 aromatic rings. The van der Waals surface area contributed by atoms with Gasteiger partial charge in [-0.2, -0.15) is 0 Å². The van der Waals surface area contributed by atoms with Gasteiger partial charge < -0.3 is 10.2 Å². The molecular formula is C18H34N2. The van der Waals surface area contributed by atoms with Crippen molar-refractivity contribution < 1.29 is 0 Å². The van der Waals surface area contributed by atoms with E-state index in [1.165, 1.54) is 90.4 Å². The van der Waals surface area contributed by atoms with Gasteiger partial charge in [0.25, 0.3) is 0 Å². The number of nitrogens with one attached hydrogen (secondary N) is 1. The van der Waals surface area contributed by atoms with Crippen LogP contribution in [-0.4, -0.2) is 36.6 Å². The molecule has 0 atom stereocenters. The number of hydrogen-bond acceptors (Lipinski definition) is 2. The van der Waals surface area contributed by atoms with Crippen molar-refractivity contribution in [1.29, 1.82) is 0 Å². The second-order valence-electron chi connectivity index (χ2n) is 7.98. The Kier molecular flexibility index (Phi) is 5.04. The standard InChI is InChI=1S/C18H34N2/c1-16-6-8-17(9-7-16)14-20-13-5-12-19-18(15-20)10-3-2-4-11-18/h16-17,19H,2-15H2,1H3. The molecule has 0 amide bonds. The van der Waals surface area contributed by atoms with E-state index in [1.807, 2.05) is 0 Å². The zero-order valence-corrected chi connectivity index (χ0v) is 13.5. The van der Waals surface area contributed by atoms with Gasteiger partial charge in [0, 0.05) is 18.6 Å². The molecule has 1 aliphatic heterocycles. The van der Waals surface area contributed by atoms with Crippen LogP contribution in [0.3, 0.4) is 0 Å². The molecule has 2 nitrogen and oxygen atoms in total. The van der Waals surface area contributed by atoms with Crippen molar-refractivity contribution >= 4 is 0 Å². The van der Waals surface area contributed by atoms with E-state index in [4.69, 9.17) is 0 Å². The summed E-state index contributed by atoms with van der Waals surface area (Å²) < 4.78 is 0. The lowest BCUT2D eigenvalue weighted by atomic mass is 9.80. The molecule has 2 heteroatoms. The van der Waals surface area contributed by atoms with Crippen molar-refractivity contribution in [2.24, 2.45) is 11.8 Å². The lowest BCUT2D eigenvalue weighted by Gasteiger charge is -2.41. The first-order valence-corrected chi connectivity index (χ1v) is 9.23. The Morgan fingerprint density at radius 2 is 1.75 bits per heavy atom. The molecular weight excluding hydrogens is 244 g/mol. The van der Waals surface area contributed by atoms with Gasteiger partial charge in [0.05, 0.1) is 0 Å². The molecule has 1 spiro atoms. The van der Waals surface area contributed by atoms with Crippen LogP contribution in [0.1, 0.15) is 71.1 Å². The van der Waals surface area contributed by atoms with Crippen molar-refractivity contribution in [2.45, 2.75) is 76.7 Å². The summed E-state index contributed by atoms with van der Waals surface area (Å²) in [6.07, 6.45) is 14.5. The molecule has 2 saturated carbocycles. The van der Waals surface area contributed by atoms with E-state index in [-0.39, 0.29) is 0 Å². The summed E-state index contributed by atoms with van der Waals surface area (Å²) in [5.41, 5.74) is 0.483. The normalized spacial score (nSPS) is 35.9. The van der Waals surface area contributed by atoms with Gasteiger partial charge in [-0.05, 0) is 57.0 Å². The summed E-state index contributed by atoms with van der Waals surface area (Å²) in [5, 5.41) is 3.93. The van der Waals surface area contributed by atoms with Crippen molar-refractivity contribution in [2.75, 3.05) is 26.2 Å². The summed E-state index contributed by atoms with van der Waals surface area (Å²) in [7, 11) is 0. The Hall–Kier alpha value is -0.0800. The lowest BCUT2D eigenvalue weighted by molar-refractivity contribution is 0.133. The van der Waals surface area contributed by atoms with Crippen molar-refractivity contribution in [3.63, 3.8) is 0 Å². The summed E-state index contributed by atoms with van der Waals surface area (Å²) in [6.45, 7) is 7.73. The zero-order chi connectivity index (χ0) is 13.8. The average molecular weight is 278 g/mol. The Labute approximate surface area is 125 Å². The smallest absolute Gasteiger partial charge is 0.0308 e. The minimum Gasteiger partial charge on any atom is -0.310 e. The molecule has 0 bridgehead atoms. The largest absolute Gasteiger partial charge is 0.310 e. The summed E-state index contributed by atoms with van der Waals surface area (Å²) in [6, 6.07) is 0. The van der Waals surface area contributed by atoms with Crippen LogP contribution in [0.25, 0.3) is 0 Å². The molecule has 0 radical (unpaired) electrons. The Morgan fingerprint density at radius 1 is 1.00 bits per heavy atom.